The van der Waals surface area contributed by atoms with Gasteiger partial charge in [0.2, 0.25) is 5.91 Å². The molecule has 2 fully saturated rings. The molecule has 3 heteroatoms. The first-order valence-electron chi connectivity index (χ1n) is 6.31. The molecule has 2 aliphatic carbocycles. The first kappa shape index (κ1) is 10.9. The zero-order valence-electron chi connectivity index (χ0n) is 9.37. The summed E-state index contributed by atoms with van der Waals surface area (Å²) in [7, 11) is 0. The summed E-state index contributed by atoms with van der Waals surface area (Å²) in [6.07, 6.45) is 8.24. The Morgan fingerprint density at radius 1 is 1.13 bits per heavy atom. The van der Waals surface area contributed by atoms with Crippen LogP contribution in [-0.4, -0.2) is 18.5 Å². The number of nitrogens with two attached hydrogens (primary N) is 1. The summed E-state index contributed by atoms with van der Waals surface area (Å²) >= 11 is 0. The molecule has 0 heterocycles. The van der Waals surface area contributed by atoms with Crippen molar-refractivity contribution in [2.75, 3.05) is 6.54 Å². The van der Waals surface area contributed by atoms with E-state index < -0.39 is 0 Å². The van der Waals surface area contributed by atoms with Crippen LogP contribution >= 0.6 is 0 Å². The fraction of sp³-hybridized carbons (Fsp3) is 0.917. The summed E-state index contributed by atoms with van der Waals surface area (Å²) in [4.78, 5) is 12.0. The van der Waals surface area contributed by atoms with Crippen LogP contribution in [0.1, 0.15) is 44.9 Å². The Hall–Kier alpha value is -0.570. The van der Waals surface area contributed by atoms with Crippen molar-refractivity contribution in [1.82, 2.24) is 5.32 Å². The van der Waals surface area contributed by atoms with Crippen molar-refractivity contribution in [3.05, 3.63) is 0 Å². The van der Waals surface area contributed by atoms with Gasteiger partial charge in [-0.1, -0.05) is 19.3 Å². The van der Waals surface area contributed by atoms with Gasteiger partial charge in [0.15, 0.2) is 0 Å². The van der Waals surface area contributed by atoms with Crippen molar-refractivity contribution in [2.45, 2.75) is 51.0 Å². The lowest BCUT2D eigenvalue weighted by Gasteiger charge is -2.20. The van der Waals surface area contributed by atoms with E-state index in [-0.39, 0.29) is 11.8 Å². The van der Waals surface area contributed by atoms with E-state index in [9.17, 15) is 4.79 Å². The van der Waals surface area contributed by atoms with Crippen LogP contribution in [0, 0.1) is 11.8 Å². The third kappa shape index (κ3) is 2.51. The molecule has 0 aliphatic heterocycles. The van der Waals surface area contributed by atoms with E-state index >= 15 is 0 Å². The lowest BCUT2D eigenvalue weighted by atomic mass is 9.95. The van der Waals surface area contributed by atoms with Gasteiger partial charge < -0.3 is 11.1 Å². The number of rotatable bonds is 3. The van der Waals surface area contributed by atoms with E-state index in [1.165, 1.54) is 32.1 Å². The fourth-order valence-electron chi connectivity index (χ4n) is 3.04. The van der Waals surface area contributed by atoms with Crippen LogP contribution in [0.4, 0.5) is 0 Å². The van der Waals surface area contributed by atoms with Crippen molar-refractivity contribution in [3.63, 3.8) is 0 Å². The summed E-state index contributed by atoms with van der Waals surface area (Å²) < 4.78 is 0. The summed E-state index contributed by atoms with van der Waals surface area (Å²) in [5, 5.41) is 3.19. The standard InChI is InChI=1S/C12H22N2O/c13-8-9-4-3-7-11(9)12(15)14-10-5-1-2-6-10/h9-11H,1-8,13H2,(H,14,15)/t9-,11-/m1/s1. The molecule has 86 valence electrons. The average molecular weight is 210 g/mol. The van der Waals surface area contributed by atoms with E-state index in [1.54, 1.807) is 0 Å². The smallest absolute Gasteiger partial charge is 0.223 e. The Kier molecular flexibility index (Phi) is 3.62. The van der Waals surface area contributed by atoms with Crippen LogP contribution in [0.15, 0.2) is 0 Å². The average Bonchev–Trinajstić information content (AvgIpc) is 2.86. The molecule has 0 aromatic heterocycles. The van der Waals surface area contributed by atoms with Gasteiger partial charge in [-0.15, -0.1) is 0 Å². The number of carbonyl (C=O) groups is 1. The number of hydrogen-bond acceptors (Lipinski definition) is 2. The first-order chi connectivity index (χ1) is 7.31. The van der Waals surface area contributed by atoms with Crippen LogP contribution in [0.3, 0.4) is 0 Å². The molecule has 0 aromatic carbocycles. The van der Waals surface area contributed by atoms with Crippen LogP contribution in [0.2, 0.25) is 0 Å². The van der Waals surface area contributed by atoms with Crippen molar-refractivity contribution >= 4 is 5.91 Å². The van der Waals surface area contributed by atoms with E-state index in [0.29, 0.717) is 18.5 Å². The van der Waals surface area contributed by atoms with Gasteiger partial charge in [-0.25, -0.2) is 0 Å². The zero-order chi connectivity index (χ0) is 10.7. The molecule has 2 rings (SSSR count). The minimum Gasteiger partial charge on any atom is -0.353 e. The van der Waals surface area contributed by atoms with Gasteiger partial charge in [-0.05, 0) is 38.1 Å². The molecule has 0 unspecified atom stereocenters. The summed E-state index contributed by atoms with van der Waals surface area (Å²) in [5.41, 5.74) is 5.69. The molecule has 2 atom stereocenters. The largest absolute Gasteiger partial charge is 0.353 e. The van der Waals surface area contributed by atoms with Crippen molar-refractivity contribution < 1.29 is 4.79 Å². The quantitative estimate of drug-likeness (QED) is 0.740. The lowest BCUT2D eigenvalue weighted by Crippen LogP contribution is -2.39. The lowest BCUT2D eigenvalue weighted by molar-refractivity contribution is -0.126. The molecular formula is C12H22N2O. The highest BCUT2D eigenvalue weighted by molar-refractivity contribution is 5.79. The molecule has 3 nitrogen and oxygen atoms in total. The SMILES string of the molecule is NC[C@H]1CCC[C@H]1C(=O)NC1CCCC1. The fourth-order valence-corrected chi connectivity index (χ4v) is 3.04. The minimum atomic E-state index is 0.204. The topological polar surface area (TPSA) is 55.1 Å². The molecule has 0 spiro atoms. The maximum Gasteiger partial charge on any atom is 0.223 e. The third-order valence-electron chi connectivity index (χ3n) is 4.00. The van der Waals surface area contributed by atoms with Crippen LogP contribution in [0.25, 0.3) is 0 Å². The highest BCUT2D eigenvalue weighted by atomic mass is 16.2. The molecule has 3 N–H and O–H groups in total. The second-order valence-electron chi connectivity index (χ2n) is 5.02. The van der Waals surface area contributed by atoms with Gasteiger partial charge in [0.1, 0.15) is 0 Å². The van der Waals surface area contributed by atoms with E-state index in [0.717, 1.165) is 12.8 Å². The summed E-state index contributed by atoms with van der Waals surface area (Å²) in [6, 6.07) is 0.455. The number of hydrogen-bond donors (Lipinski definition) is 2. The molecular weight excluding hydrogens is 188 g/mol. The van der Waals surface area contributed by atoms with E-state index in [1.807, 2.05) is 0 Å². The van der Waals surface area contributed by atoms with Crippen molar-refractivity contribution in [1.29, 1.82) is 0 Å². The summed E-state index contributed by atoms with van der Waals surface area (Å²) in [5.74, 6) is 0.914. The number of nitrogens with one attached hydrogen (secondary N) is 1. The Morgan fingerprint density at radius 3 is 2.53 bits per heavy atom. The highest BCUT2D eigenvalue weighted by Crippen LogP contribution is 2.31. The van der Waals surface area contributed by atoms with Crippen LogP contribution in [-0.2, 0) is 4.79 Å². The summed E-state index contributed by atoms with van der Waals surface area (Å²) in [6.45, 7) is 0.669. The molecule has 0 radical (unpaired) electrons. The van der Waals surface area contributed by atoms with Gasteiger partial charge in [-0.2, -0.15) is 0 Å². The predicted octanol–water partition coefficient (Wildman–Crippen LogP) is 1.42. The Labute approximate surface area is 91.8 Å². The van der Waals surface area contributed by atoms with Gasteiger partial charge in [-0.3, -0.25) is 4.79 Å². The molecule has 0 bridgehead atoms. The van der Waals surface area contributed by atoms with Crippen molar-refractivity contribution in [2.24, 2.45) is 17.6 Å². The minimum absolute atomic E-state index is 0.204. The van der Waals surface area contributed by atoms with Crippen LogP contribution in [0.5, 0.6) is 0 Å². The predicted molar refractivity (Wildman–Crippen MR) is 60.3 cm³/mol. The van der Waals surface area contributed by atoms with Gasteiger partial charge in [0.05, 0.1) is 0 Å². The maximum atomic E-state index is 12.0. The molecule has 15 heavy (non-hydrogen) atoms. The Balaban J connectivity index is 1.83. The maximum absolute atomic E-state index is 12.0. The molecule has 1 amide bonds. The molecule has 2 saturated carbocycles. The van der Waals surface area contributed by atoms with Crippen molar-refractivity contribution in [3.8, 4) is 0 Å². The number of amides is 1. The normalized spacial score (nSPS) is 32.1. The Morgan fingerprint density at radius 2 is 1.87 bits per heavy atom. The van der Waals surface area contributed by atoms with Gasteiger partial charge in [0.25, 0.3) is 0 Å². The molecule has 0 saturated heterocycles. The van der Waals surface area contributed by atoms with Gasteiger partial charge in [0, 0.05) is 12.0 Å². The second-order valence-corrected chi connectivity index (χ2v) is 5.02. The molecule has 0 aromatic rings. The highest BCUT2D eigenvalue weighted by Gasteiger charge is 2.33. The third-order valence-corrected chi connectivity index (χ3v) is 4.00. The van der Waals surface area contributed by atoms with Crippen LogP contribution < -0.4 is 11.1 Å². The monoisotopic (exact) mass is 210 g/mol. The number of carbonyl (C=O) groups excluding carboxylic acids is 1. The first-order valence-corrected chi connectivity index (χ1v) is 6.31. The molecule has 2 aliphatic rings. The Bertz CT molecular complexity index is 224. The second kappa shape index (κ2) is 4.97. The van der Waals surface area contributed by atoms with E-state index in [4.69, 9.17) is 5.73 Å². The van der Waals surface area contributed by atoms with Gasteiger partial charge >= 0.3 is 0 Å². The van der Waals surface area contributed by atoms with E-state index in [2.05, 4.69) is 5.32 Å². The zero-order valence-corrected chi connectivity index (χ0v) is 9.37.